The zero-order valence-electron chi connectivity index (χ0n) is 13.7. The maximum Gasteiger partial charge on any atom is 0.241 e. The molecule has 0 radical (unpaired) electrons. The van der Waals surface area contributed by atoms with Crippen molar-refractivity contribution in [3.05, 3.63) is 64.5 Å². The van der Waals surface area contributed by atoms with Crippen LogP contribution in [-0.4, -0.2) is 15.0 Å². The van der Waals surface area contributed by atoms with Gasteiger partial charge in [0.25, 0.3) is 0 Å². The fraction of sp³-hybridized carbons (Fsp3) is 0.333. The van der Waals surface area contributed by atoms with Crippen LogP contribution in [0, 0.1) is 26.6 Å². The predicted octanol–water partition coefficient (Wildman–Crippen LogP) is 3.66. The molecule has 124 valence electrons. The summed E-state index contributed by atoms with van der Waals surface area (Å²) in [7, 11) is -3.51. The van der Waals surface area contributed by atoms with E-state index in [0.29, 0.717) is 24.3 Å². The molecule has 23 heavy (non-hydrogen) atoms. The van der Waals surface area contributed by atoms with Gasteiger partial charge in [-0.1, -0.05) is 29.8 Å². The summed E-state index contributed by atoms with van der Waals surface area (Å²) in [5, 5.41) is 0. The summed E-state index contributed by atoms with van der Waals surface area (Å²) >= 11 is 0. The molecule has 0 amide bonds. The first-order valence-corrected chi connectivity index (χ1v) is 9.10. The van der Waals surface area contributed by atoms with E-state index in [0.717, 1.165) is 22.3 Å². The van der Waals surface area contributed by atoms with E-state index in [1.165, 1.54) is 12.1 Å². The second-order valence-corrected chi connectivity index (χ2v) is 7.56. The van der Waals surface area contributed by atoms with Crippen molar-refractivity contribution < 1.29 is 12.8 Å². The summed E-state index contributed by atoms with van der Waals surface area (Å²) in [4.78, 5) is 0.366. The van der Waals surface area contributed by atoms with E-state index in [2.05, 4.69) is 4.72 Å². The Morgan fingerprint density at radius 1 is 1.00 bits per heavy atom. The van der Waals surface area contributed by atoms with E-state index in [1.807, 2.05) is 32.9 Å². The van der Waals surface area contributed by atoms with Crippen molar-refractivity contribution in [2.75, 3.05) is 6.54 Å². The molecule has 2 aromatic rings. The molecule has 0 aliphatic rings. The van der Waals surface area contributed by atoms with Crippen LogP contribution in [0.2, 0.25) is 0 Å². The van der Waals surface area contributed by atoms with E-state index >= 15 is 0 Å². The summed E-state index contributed by atoms with van der Waals surface area (Å²) in [5.74, 6) is -0.264. The van der Waals surface area contributed by atoms with Gasteiger partial charge in [0.1, 0.15) is 5.82 Å². The topological polar surface area (TPSA) is 46.2 Å². The van der Waals surface area contributed by atoms with Crippen molar-refractivity contribution in [3.8, 4) is 0 Å². The first kappa shape index (κ1) is 17.6. The summed E-state index contributed by atoms with van der Waals surface area (Å²) < 4.78 is 40.4. The fourth-order valence-electron chi connectivity index (χ4n) is 2.81. The molecule has 0 aromatic heterocycles. The van der Waals surface area contributed by atoms with Gasteiger partial charge in [-0.3, -0.25) is 0 Å². The Kier molecular flexibility index (Phi) is 5.55. The first-order valence-electron chi connectivity index (χ1n) is 7.61. The van der Waals surface area contributed by atoms with Gasteiger partial charge in [0.2, 0.25) is 10.0 Å². The molecule has 2 rings (SSSR count). The molecular formula is C18H22FNO2S. The lowest BCUT2D eigenvalue weighted by atomic mass is 10.1. The number of rotatable bonds is 6. The number of sulfonamides is 1. The third-order valence-corrected chi connectivity index (χ3v) is 5.49. The molecular weight excluding hydrogens is 313 g/mol. The lowest BCUT2D eigenvalue weighted by Gasteiger charge is -2.13. The molecule has 0 aliphatic heterocycles. The van der Waals surface area contributed by atoms with Crippen molar-refractivity contribution in [2.45, 2.75) is 38.5 Å². The normalized spacial score (nSPS) is 11.7. The van der Waals surface area contributed by atoms with Crippen LogP contribution in [0.5, 0.6) is 0 Å². The Bertz CT molecular complexity index is 760. The molecule has 0 bridgehead atoms. The molecule has 0 heterocycles. The van der Waals surface area contributed by atoms with Crippen molar-refractivity contribution in [2.24, 2.45) is 0 Å². The van der Waals surface area contributed by atoms with E-state index in [-0.39, 0.29) is 5.82 Å². The van der Waals surface area contributed by atoms with Crippen LogP contribution in [0.1, 0.15) is 28.7 Å². The predicted molar refractivity (Wildman–Crippen MR) is 90.6 cm³/mol. The minimum absolute atomic E-state index is 0.264. The monoisotopic (exact) mass is 335 g/mol. The van der Waals surface area contributed by atoms with Crippen LogP contribution in [-0.2, 0) is 16.4 Å². The first-order chi connectivity index (χ1) is 10.8. The molecule has 0 saturated heterocycles. The minimum Gasteiger partial charge on any atom is -0.211 e. The number of aryl methyl sites for hydroxylation is 4. The largest absolute Gasteiger partial charge is 0.241 e. The Morgan fingerprint density at radius 3 is 2.13 bits per heavy atom. The third-order valence-electron chi connectivity index (χ3n) is 3.72. The molecule has 0 aliphatic carbocycles. The average molecular weight is 335 g/mol. The summed E-state index contributed by atoms with van der Waals surface area (Å²) in [6.45, 7) is 5.93. The molecule has 2 aromatic carbocycles. The summed E-state index contributed by atoms with van der Waals surface area (Å²) in [6.07, 6.45) is 1.36. The van der Waals surface area contributed by atoms with Crippen molar-refractivity contribution in [1.82, 2.24) is 4.72 Å². The van der Waals surface area contributed by atoms with Gasteiger partial charge in [-0.25, -0.2) is 17.5 Å². The molecule has 3 nitrogen and oxygen atoms in total. The average Bonchev–Trinajstić information content (AvgIpc) is 2.44. The molecule has 0 fully saturated rings. The maximum absolute atomic E-state index is 12.8. The van der Waals surface area contributed by atoms with Gasteiger partial charge in [0.05, 0.1) is 4.90 Å². The van der Waals surface area contributed by atoms with E-state index in [9.17, 15) is 12.8 Å². The highest BCUT2D eigenvalue weighted by Crippen LogP contribution is 2.21. The van der Waals surface area contributed by atoms with Crippen molar-refractivity contribution >= 4 is 10.0 Å². The lowest BCUT2D eigenvalue weighted by molar-refractivity contribution is 0.577. The maximum atomic E-state index is 12.8. The standard InChI is InChI=1S/C18H22FNO2S/c1-13-11-14(2)18(15(3)12-13)23(21,22)20-10-4-5-16-6-8-17(19)9-7-16/h6-9,11-12,20H,4-5,10H2,1-3H3. The van der Waals surface area contributed by atoms with Crippen LogP contribution in [0.3, 0.4) is 0 Å². The number of nitrogens with one attached hydrogen (secondary N) is 1. The molecule has 0 spiro atoms. The highest BCUT2D eigenvalue weighted by atomic mass is 32.2. The minimum atomic E-state index is -3.51. The second kappa shape index (κ2) is 7.23. The second-order valence-electron chi connectivity index (χ2n) is 5.86. The third kappa shape index (κ3) is 4.62. The van der Waals surface area contributed by atoms with Crippen LogP contribution in [0.25, 0.3) is 0 Å². The number of benzene rings is 2. The molecule has 0 saturated carbocycles. The highest BCUT2D eigenvalue weighted by Gasteiger charge is 2.19. The van der Waals surface area contributed by atoms with Gasteiger partial charge in [-0.2, -0.15) is 0 Å². The Labute approximate surface area is 137 Å². The molecule has 1 N–H and O–H groups in total. The number of halogens is 1. The molecule has 0 unspecified atom stereocenters. The summed E-state index contributed by atoms with van der Waals surface area (Å²) in [5.41, 5.74) is 3.56. The molecule has 0 atom stereocenters. The van der Waals surface area contributed by atoms with Gasteiger partial charge in [0, 0.05) is 6.54 Å². The number of hydrogen-bond acceptors (Lipinski definition) is 2. The van der Waals surface area contributed by atoms with Crippen LogP contribution in [0.15, 0.2) is 41.3 Å². The van der Waals surface area contributed by atoms with Crippen LogP contribution in [0.4, 0.5) is 4.39 Å². The lowest BCUT2D eigenvalue weighted by Crippen LogP contribution is -2.26. The van der Waals surface area contributed by atoms with E-state index in [4.69, 9.17) is 0 Å². The van der Waals surface area contributed by atoms with Crippen LogP contribution >= 0.6 is 0 Å². The van der Waals surface area contributed by atoms with Crippen LogP contribution < -0.4 is 4.72 Å². The SMILES string of the molecule is Cc1cc(C)c(S(=O)(=O)NCCCc2ccc(F)cc2)c(C)c1. The van der Waals surface area contributed by atoms with Gasteiger partial charge < -0.3 is 0 Å². The zero-order chi connectivity index (χ0) is 17.0. The molecule has 5 heteroatoms. The Morgan fingerprint density at radius 2 is 1.57 bits per heavy atom. The van der Waals surface area contributed by atoms with Crippen molar-refractivity contribution in [3.63, 3.8) is 0 Å². The Hall–Kier alpha value is -1.72. The Balaban J connectivity index is 1.98. The van der Waals surface area contributed by atoms with Gasteiger partial charge in [-0.15, -0.1) is 0 Å². The van der Waals surface area contributed by atoms with Gasteiger partial charge in [-0.05, 0) is 62.4 Å². The highest BCUT2D eigenvalue weighted by molar-refractivity contribution is 7.89. The summed E-state index contributed by atoms with van der Waals surface area (Å²) in [6, 6.07) is 10.0. The van der Waals surface area contributed by atoms with Crippen molar-refractivity contribution in [1.29, 1.82) is 0 Å². The smallest absolute Gasteiger partial charge is 0.211 e. The number of hydrogen-bond donors (Lipinski definition) is 1. The van der Waals surface area contributed by atoms with E-state index < -0.39 is 10.0 Å². The van der Waals surface area contributed by atoms with Gasteiger partial charge >= 0.3 is 0 Å². The quantitative estimate of drug-likeness (QED) is 0.819. The van der Waals surface area contributed by atoms with Gasteiger partial charge in [0.15, 0.2) is 0 Å². The van der Waals surface area contributed by atoms with E-state index in [1.54, 1.807) is 12.1 Å². The fourth-order valence-corrected chi connectivity index (χ4v) is 4.34. The zero-order valence-corrected chi connectivity index (χ0v) is 14.5.